The van der Waals surface area contributed by atoms with Gasteiger partial charge in [0.2, 0.25) is 5.91 Å². The van der Waals surface area contributed by atoms with Crippen LogP contribution in [0, 0.1) is 5.92 Å². The van der Waals surface area contributed by atoms with E-state index in [2.05, 4.69) is 39.6 Å². The van der Waals surface area contributed by atoms with Crippen LogP contribution in [0.25, 0.3) is 11.0 Å². The SMILES string of the molecule is CCCCC(=O)N1CCC(Cn2cnc3ccccc32)CC1. The van der Waals surface area contributed by atoms with Crippen molar-refractivity contribution in [1.29, 1.82) is 0 Å². The summed E-state index contributed by atoms with van der Waals surface area (Å²) in [7, 11) is 0. The van der Waals surface area contributed by atoms with Gasteiger partial charge in [-0.1, -0.05) is 25.5 Å². The van der Waals surface area contributed by atoms with E-state index in [1.54, 1.807) is 0 Å². The summed E-state index contributed by atoms with van der Waals surface area (Å²) in [4.78, 5) is 18.6. The Bertz CT molecular complexity index is 626. The summed E-state index contributed by atoms with van der Waals surface area (Å²) >= 11 is 0. The first kappa shape index (κ1) is 15.1. The van der Waals surface area contributed by atoms with Crippen molar-refractivity contribution in [3.63, 3.8) is 0 Å². The van der Waals surface area contributed by atoms with Gasteiger partial charge >= 0.3 is 0 Å². The smallest absolute Gasteiger partial charge is 0.222 e. The Labute approximate surface area is 132 Å². The molecular weight excluding hydrogens is 274 g/mol. The Morgan fingerprint density at radius 3 is 2.82 bits per heavy atom. The summed E-state index contributed by atoms with van der Waals surface area (Å²) in [5.41, 5.74) is 2.28. The van der Waals surface area contributed by atoms with E-state index in [1.807, 2.05) is 12.4 Å². The summed E-state index contributed by atoms with van der Waals surface area (Å²) in [6.07, 6.45) is 6.97. The molecule has 0 unspecified atom stereocenters. The van der Waals surface area contributed by atoms with Gasteiger partial charge in [-0.2, -0.15) is 0 Å². The number of unbranched alkanes of at least 4 members (excludes halogenated alkanes) is 1. The summed E-state index contributed by atoms with van der Waals surface area (Å²) in [6, 6.07) is 8.28. The fraction of sp³-hybridized carbons (Fsp3) is 0.556. The maximum Gasteiger partial charge on any atom is 0.222 e. The fourth-order valence-electron chi connectivity index (χ4n) is 3.29. The molecule has 22 heavy (non-hydrogen) atoms. The van der Waals surface area contributed by atoms with Crippen molar-refractivity contribution in [3.05, 3.63) is 30.6 Å². The van der Waals surface area contributed by atoms with Crippen molar-refractivity contribution in [1.82, 2.24) is 14.5 Å². The monoisotopic (exact) mass is 299 g/mol. The first-order valence-corrected chi connectivity index (χ1v) is 8.45. The highest BCUT2D eigenvalue weighted by atomic mass is 16.2. The lowest BCUT2D eigenvalue weighted by atomic mass is 9.96. The van der Waals surface area contributed by atoms with Crippen LogP contribution in [0.2, 0.25) is 0 Å². The molecule has 2 heterocycles. The number of imidazole rings is 1. The molecule has 4 heteroatoms. The lowest BCUT2D eigenvalue weighted by Crippen LogP contribution is -2.39. The number of likely N-dealkylation sites (tertiary alicyclic amines) is 1. The first-order valence-electron chi connectivity index (χ1n) is 8.45. The third kappa shape index (κ3) is 3.32. The maximum atomic E-state index is 12.1. The number of fused-ring (bicyclic) bond motifs is 1. The van der Waals surface area contributed by atoms with Crippen molar-refractivity contribution >= 4 is 16.9 Å². The Balaban J connectivity index is 1.55. The van der Waals surface area contributed by atoms with Gasteiger partial charge in [-0.15, -0.1) is 0 Å². The highest BCUT2D eigenvalue weighted by molar-refractivity contribution is 5.76. The van der Waals surface area contributed by atoms with Crippen LogP contribution in [-0.2, 0) is 11.3 Å². The number of para-hydroxylation sites is 2. The lowest BCUT2D eigenvalue weighted by Gasteiger charge is -2.32. The summed E-state index contributed by atoms with van der Waals surface area (Å²) < 4.78 is 2.26. The molecule has 0 bridgehead atoms. The van der Waals surface area contributed by atoms with Crippen molar-refractivity contribution in [2.75, 3.05) is 13.1 Å². The van der Waals surface area contributed by atoms with Crippen LogP contribution in [0.5, 0.6) is 0 Å². The second kappa shape index (κ2) is 6.95. The third-order valence-corrected chi connectivity index (χ3v) is 4.69. The van der Waals surface area contributed by atoms with E-state index in [4.69, 9.17) is 0 Å². The quantitative estimate of drug-likeness (QED) is 0.848. The number of carbonyl (C=O) groups excluding carboxylic acids is 1. The number of nitrogens with zero attached hydrogens (tertiary/aromatic N) is 3. The van der Waals surface area contributed by atoms with Crippen LogP contribution < -0.4 is 0 Å². The van der Waals surface area contributed by atoms with E-state index in [0.29, 0.717) is 18.2 Å². The highest BCUT2D eigenvalue weighted by Gasteiger charge is 2.22. The predicted molar refractivity (Wildman–Crippen MR) is 88.6 cm³/mol. The van der Waals surface area contributed by atoms with Crippen LogP contribution in [0.3, 0.4) is 0 Å². The van der Waals surface area contributed by atoms with Gasteiger partial charge in [0.15, 0.2) is 0 Å². The molecule has 4 nitrogen and oxygen atoms in total. The van der Waals surface area contributed by atoms with Crippen molar-refractivity contribution < 1.29 is 4.79 Å². The molecule has 1 aromatic carbocycles. The zero-order valence-corrected chi connectivity index (χ0v) is 13.4. The Kier molecular flexibility index (Phi) is 4.76. The minimum absolute atomic E-state index is 0.341. The zero-order chi connectivity index (χ0) is 15.4. The summed E-state index contributed by atoms with van der Waals surface area (Å²) in [5, 5.41) is 0. The Hall–Kier alpha value is -1.84. The molecule has 0 saturated carbocycles. The van der Waals surface area contributed by atoms with Gasteiger partial charge in [0, 0.05) is 26.1 Å². The van der Waals surface area contributed by atoms with Crippen LogP contribution >= 0.6 is 0 Å². The van der Waals surface area contributed by atoms with Gasteiger partial charge in [0.25, 0.3) is 0 Å². The molecule has 3 rings (SSSR count). The van der Waals surface area contributed by atoms with Crippen LogP contribution in [0.1, 0.15) is 39.0 Å². The largest absolute Gasteiger partial charge is 0.343 e. The molecule has 1 fully saturated rings. The minimum atomic E-state index is 0.341. The van der Waals surface area contributed by atoms with Crippen molar-refractivity contribution in [2.24, 2.45) is 5.92 Å². The Morgan fingerprint density at radius 2 is 2.05 bits per heavy atom. The van der Waals surface area contributed by atoms with E-state index in [9.17, 15) is 4.79 Å². The molecule has 1 amide bonds. The van der Waals surface area contributed by atoms with E-state index in [-0.39, 0.29) is 0 Å². The molecule has 0 N–H and O–H groups in total. The molecule has 0 spiro atoms. The number of hydrogen-bond donors (Lipinski definition) is 0. The topological polar surface area (TPSA) is 38.1 Å². The van der Waals surface area contributed by atoms with Gasteiger partial charge in [-0.25, -0.2) is 4.98 Å². The maximum absolute atomic E-state index is 12.1. The van der Waals surface area contributed by atoms with E-state index in [0.717, 1.165) is 50.8 Å². The minimum Gasteiger partial charge on any atom is -0.343 e. The van der Waals surface area contributed by atoms with E-state index < -0.39 is 0 Å². The number of piperidine rings is 1. The van der Waals surface area contributed by atoms with Gasteiger partial charge in [-0.3, -0.25) is 4.79 Å². The second-order valence-electron chi connectivity index (χ2n) is 6.31. The van der Waals surface area contributed by atoms with Gasteiger partial charge < -0.3 is 9.47 Å². The van der Waals surface area contributed by atoms with Crippen LogP contribution in [0.4, 0.5) is 0 Å². The Morgan fingerprint density at radius 1 is 1.27 bits per heavy atom. The molecule has 2 aromatic rings. The van der Waals surface area contributed by atoms with Crippen LogP contribution in [-0.4, -0.2) is 33.4 Å². The fourth-order valence-corrected chi connectivity index (χ4v) is 3.29. The molecule has 0 radical (unpaired) electrons. The lowest BCUT2D eigenvalue weighted by molar-refractivity contribution is -0.132. The van der Waals surface area contributed by atoms with Gasteiger partial charge in [-0.05, 0) is 37.3 Å². The van der Waals surface area contributed by atoms with Crippen molar-refractivity contribution in [2.45, 2.75) is 45.6 Å². The molecule has 1 aliphatic rings. The average Bonchev–Trinajstić information content (AvgIpc) is 2.96. The highest BCUT2D eigenvalue weighted by Crippen LogP contribution is 2.22. The van der Waals surface area contributed by atoms with E-state index in [1.165, 1.54) is 5.52 Å². The molecule has 1 aliphatic heterocycles. The first-order chi connectivity index (χ1) is 10.8. The predicted octanol–water partition coefficient (Wildman–Crippen LogP) is 3.47. The molecule has 1 saturated heterocycles. The zero-order valence-electron chi connectivity index (χ0n) is 13.4. The van der Waals surface area contributed by atoms with Crippen LogP contribution in [0.15, 0.2) is 30.6 Å². The average molecular weight is 299 g/mol. The number of aromatic nitrogens is 2. The molecular formula is C18H25N3O. The summed E-state index contributed by atoms with van der Waals surface area (Å²) in [5.74, 6) is 0.987. The standard InChI is InChI=1S/C18H25N3O/c1-2-3-8-18(22)20-11-9-15(10-12-20)13-21-14-19-16-6-4-5-7-17(16)21/h4-7,14-15H,2-3,8-13H2,1H3. The van der Waals surface area contributed by atoms with E-state index >= 15 is 0 Å². The number of rotatable bonds is 5. The van der Waals surface area contributed by atoms with Gasteiger partial charge in [0.05, 0.1) is 17.4 Å². The molecule has 1 aromatic heterocycles. The van der Waals surface area contributed by atoms with Crippen molar-refractivity contribution in [3.8, 4) is 0 Å². The number of amides is 1. The second-order valence-corrected chi connectivity index (χ2v) is 6.31. The van der Waals surface area contributed by atoms with Gasteiger partial charge in [0.1, 0.15) is 0 Å². The normalized spacial score (nSPS) is 16.3. The number of carbonyl (C=O) groups is 1. The molecule has 118 valence electrons. The molecule has 0 atom stereocenters. The third-order valence-electron chi connectivity index (χ3n) is 4.69. The number of benzene rings is 1. The number of hydrogen-bond acceptors (Lipinski definition) is 2. The summed E-state index contributed by atoms with van der Waals surface area (Å²) in [6.45, 7) is 4.98. The molecule has 0 aliphatic carbocycles.